The number of hydrogen-bond donors (Lipinski definition) is 4. The molecular weight excluding hydrogens is 198 g/mol. The zero-order chi connectivity index (χ0) is 11.3. The highest BCUT2D eigenvalue weighted by atomic mass is 16.4. The van der Waals surface area contributed by atoms with Crippen molar-refractivity contribution in [1.29, 1.82) is 0 Å². The Hall–Kier alpha value is -2.32. The van der Waals surface area contributed by atoms with Crippen molar-refractivity contribution in [3.05, 3.63) is 0 Å². The van der Waals surface area contributed by atoms with Gasteiger partial charge < -0.3 is 15.9 Å². The second-order valence-corrected chi connectivity index (χ2v) is 2.07. The topological polar surface area (TPSA) is 150 Å². The van der Waals surface area contributed by atoms with Crippen LogP contribution in [-0.2, 0) is 14.4 Å². The summed E-state index contributed by atoms with van der Waals surface area (Å²) in [5.74, 6) is -4.99. The van der Waals surface area contributed by atoms with E-state index in [0.29, 0.717) is 0 Å². The number of nitrogens with two attached hydrogens (primary N) is 1. The van der Waals surface area contributed by atoms with Crippen LogP contribution in [0.5, 0.6) is 0 Å². The fraction of sp³-hybridized carbons (Fsp3) is 0.200. The number of urea groups is 1. The summed E-state index contributed by atoms with van der Waals surface area (Å²) in [7, 11) is 0. The van der Waals surface area contributed by atoms with Gasteiger partial charge in [0.25, 0.3) is 0 Å². The fourth-order valence-corrected chi connectivity index (χ4v) is 0.546. The lowest BCUT2D eigenvalue weighted by molar-refractivity contribution is -0.159. The summed E-state index contributed by atoms with van der Waals surface area (Å²) in [6.07, 6.45) is 0. The van der Waals surface area contributed by atoms with E-state index in [9.17, 15) is 19.2 Å². The lowest BCUT2D eigenvalue weighted by Gasteiger charge is -2.17. The number of nitrogens with one attached hydrogen (secondary N) is 1. The van der Waals surface area contributed by atoms with Gasteiger partial charge in [-0.2, -0.15) is 0 Å². The van der Waals surface area contributed by atoms with Crippen LogP contribution in [0, 0.1) is 0 Å². The molecule has 3 amide bonds. The first-order chi connectivity index (χ1) is 6.34. The number of primary amides is 1. The molecule has 0 radical (unpaired) electrons. The average Bonchev–Trinajstić information content (AvgIpc) is 1.99. The molecular formula is C5H7N3O6. The van der Waals surface area contributed by atoms with Gasteiger partial charge in [-0.3, -0.25) is 9.59 Å². The Kier molecular flexibility index (Phi) is 3.87. The molecule has 0 saturated carbocycles. The summed E-state index contributed by atoms with van der Waals surface area (Å²) in [6, 6.07) is -1.24. The summed E-state index contributed by atoms with van der Waals surface area (Å²) < 4.78 is 0. The molecule has 0 unspecified atom stereocenters. The van der Waals surface area contributed by atoms with Crippen LogP contribution in [-0.4, -0.2) is 45.6 Å². The minimum atomic E-state index is -1.90. The highest BCUT2D eigenvalue weighted by Crippen LogP contribution is 1.85. The summed E-state index contributed by atoms with van der Waals surface area (Å²) in [4.78, 5) is 41.2. The van der Waals surface area contributed by atoms with Crippen LogP contribution in [0.1, 0.15) is 0 Å². The number of rotatable bonds is 2. The monoisotopic (exact) mass is 205 g/mol. The molecule has 0 aromatic carbocycles. The molecule has 9 nitrogen and oxygen atoms in total. The third-order valence-corrected chi connectivity index (χ3v) is 0.967. The number of carboxylic acids is 2. The predicted molar refractivity (Wildman–Crippen MR) is 39.7 cm³/mol. The van der Waals surface area contributed by atoms with Crippen LogP contribution in [0.3, 0.4) is 0 Å². The van der Waals surface area contributed by atoms with Crippen molar-refractivity contribution in [3.63, 3.8) is 0 Å². The standard InChI is InChI=1S/C5H7N3O6/c6-5(14)7-8(1-2(9)10)3(11)4(12)13/h1H2,(H,9,10)(H,12,13)(H3,6,7,14). The highest BCUT2D eigenvalue weighted by molar-refractivity contribution is 6.31. The molecule has 0 saturated heterocycles. The van der Waals surface area contributed by atoms with E-state index < -0.39 is 30.4 Å². The van der Waals surface area contributed by atoms with Crippen LogP contribution in [0.2, 0.25) is 0 Å². The number of hydrazine groups is 1. The fourth-order valence-electron chi connectivity index (χ4n) is 0.546. The molecule has 0 aromatic heterocycles. The number of aliphatic carboxylic acids is 2. The summed E-state index contributed by atoms with van der Waals surface area (Å²) in [5, 5.41) is 16.5. The van der Waals surface area contributed by atoms with Gasteiger partial charge >= 0.3 is 23.9 Å². The largest absolute Gasteiger partial charge is 0.480 e. The van der Waals surface area contributed by atoms with Gasteiger partial charge in [-0.25, -0.2) is 20.0 Å². The molecule has 0 atom stereocenters. The van der Waals surface area contributed by atoms with Gasteiger partial charge in [-0.15, -0.1) is 0 Å². The zero-order valence-electron chi connectivity index (χ0n) is 6.76. The summed E-state index contributed by atoms with van der Waals surface area (Å²) in [5.41, 5.74) is 6.13. The number of carboxylic acid groups (broad SMARTS) is 2. The van der Waals surface area contributed by atoms with Gasteiger partial charge in [0.1, 0.15) is 6.54 Å². The molecule has 0 aliphatic carbocycles. The molecule has 14 heavy (non-hydrogen) atoms. The smallest absolute Gasteiger partial charge is 0.396 e. The Morgan fingerprint density at radius 3 is 2.00 bits per heavy atom. The van der Waals surface area contributed by atoms with Gasteiger partial charge in [-0.05, 0) is 0 Å². The van der Waals surface area contributed by atoms with E-state index in [-0.39, 0.29) is 5.01 Å². The molecule has 0 heterocycles. The van der Waals surface area contributed by atoms with E-state index in [4.69, 9.17) is 10.2 Å². The lowest BCUT2D eigenvalue weighted by atomic mass is 10.5. The van der Waals surface area contributed by atoms with E-state index in [2.05, 4.69) is 5.73 Å². The first kappa shape index (κ1) is 11.7. The minimum absolute atomic E-state index is 0.0764. The molecule has 0 aliphatic heterocycles. The predicted octanol–water partition coefficient (Wildman–Crippen LogP) is -2.43. The van der Waals surface area contributed by atoms with Crippen molar-refractivity contribution < 1.29 is 29.4 Å². The maximum Gasteiger partial charge on any atom is 0.396 e. The van der Waals surface area contributed by atoms with Crippen LogP contribution in [0.15, 0.2) is 0 Å². The van der Waals surface area contributed by atoms with Gasteiger partial charge in [0, 0.05) is 0 Å². The van der Waals surface area contributed by atoms with Crippen molar-refractivity contribution >= 4 is 23.9 Å². The van der Waals surface area contributed by atoms with E-state index in [1.807, 2.05) is 0 Å². The van der Waals surface area contributed by atoms with E-state index in [1.54, 1.807) is 5.43 Å². The first-order valence-corrected chi connectivity index (χ1v) is 3.17. The molecule has 0 rings (SSSR count). The highest BCUT2D eigenvalue weighted by Gasteiger charge is 2.24. The van der Waals surface area contributed by atoms with Crippen molar-refractivity contribution in [2.45, 2.75) is 0 Å². The average molecular weight is 205 g/mol. The van der Waals surface area contributed by atoms with E-state index in [0.717, 1.165) is 0 Å². The third-order valence-electron chi connectivity index (χ3n) is 0.967. The van der Waals surface area contributed by atoms with Crippen molar-refractivity contribution in [2.75, 3.05) is 6.54 Å². The van der Waals surface area contributed by atoms with Crippen LogP contribution >= 0.6 is 0 Å². The number of nitrogens with zero attached hydrogens (tertiary/aromatic N) is 1. The number of carbonyl (C=O) groups is 4. The van der Waals surface area contributed by atoms with Gasteiger partial charge in [0.15, 0.2) is 0 Å². The summed E-state index contributed by atoms with van der Waals surface area (Å²) in [6.45, 7) is -0.992. The molecule has 0 fully saturated rings. The third kappa shape index (κ3) is 3.90. The number of hydrogen-bond acceptors (Lipinski definition) is 4. The minimum Gasteiger partial charge on any atom is -0.480 e. The number of amides is 3. The van der Waals surface area contributed by atoms with Crippen LogP contribution < -0.4 is 11.2 Å². The van der Waals surface area contributed by atoms with Crippen molar-refractivity contribution in [2.24, 2.45) is 5.73 Å². The molecule has 0 aliphatic rings. The molecule has 9 heteroatoms. The Balaban J connectivity index is 4.54. The lowest BCUT2D eigenvalue weighted by Crippen LogP contribution is -2.52. The van der Waals surface area contributed by atoms with Gasteiger partial charge in [0.05, 0.1) is 0 Å². The van der Waals surface area contributed by atoms with Crippen LogP contribution in [0.4, 0.5) is 4.79 Å². The normalized spacial score (nSPS) is 8.86. The van der Waals surface area contributed by atoms with Gasteiger partial charge in [0.2, 0.25) is 0 Å². The molecule has 0 aromatic rings. The van der Waals surface area contributed by atoms with Gasteiger partial charge in [-0.1, -0.05) is 0 Å². The molecule has 5 N–H and O–H groups in total. The molecule has 78 valence electrons. The number of carbonyl (C=O) groups excluding carboxylic acids is 2. The Morgan fingerprint density at radius 1 is 1.21 bits per heavy atom. The molecule has 0 bridgehead atoms. The first-order valence-electron chi connectivity index (χ1n) is 3.17. The van der Waals surface area contributed by atoms with E-state index in [1.165, 1.54) is 0 Å². The van der Waals surface area contributed by atoms with E-state index >= 15 is 0 Å². The SMILES string of the molecule is NC(=O)NN(CC(=O)O)C(=O)C(=O)O. The summed E-state index contributed by atoms with van der Waals surface area (Å²) >= 11 is 0. The zero-order valence-corrected chi connectivity index (χ0v) is 6.76. The van der Waals surface area contributed by atoms with Crippen LogP contribution in [0.25, 0.3) is 0 Å². The Labute approximate surface area is 77.1 Å². The molecule has 0 spiro atoms. The maximum atomic E-state index is 10.7. The quantitative estimate of drug-likeness (QED) is 0.290. The van der Waals surface area contributed by atoms with Crippen molar-refractivity contribution in [3.8, 4) is 0 Å². The maximum absolute atomic E-state index is 10.7. The Morgan fingerprint density at radius 2 is 1.71 bits per heavy atom. The second kappa shape index (κ2) is 4.64. The Bertz CT molecular complexity index is 271. The van der Waals surface area contributed by atoms with Crippen molar-refractivity contribution in [1.82, 2.24) is 10.4 Å². The second-order valence-electron chi connectivity index (χ2n) is 2.07.